The van der Waals surface area contributed by atoms with Crippen molar-refractivity contribution in [3.05, 3.63) is 65.5 Å². The van der Waals surface area contributed by atoms with Crippen molar-refractivity contribution < 1.29 is 13.9 Å². The third kappa shape index (κ3) is 7.02. The van der Waals surface area contributed by atoms with Crippen molar-refractivity contribution in [3.8, 4) is 5.75 Å². The minimum atomic E-state index is -0.272. The van der Waals surface area contributed by atoms with E-state index in [1.807, 2.05) is 31.2 Å². The molecule has 0 saturated heterocycles. The topological polar surface area (TPSA) is 64.3 Å². The van der Waals surface area contributed by atoms with Crippen LogP contribution < -0.4 is 15.8 Å². The van der Waals surface area contributed by atoms with Gasteiger partial charge in [-0.25, -0.2) is 4.39 Å². The number of methoxy groups -OCH3 is 1. The number of ether oxygens (including phenoxy) is 1. The van der Waals surface area contributed by atoms with Crippen LogP contribution in [0.3, 0.4) is 0 Å². The summed E-state index contributed by atoms with van der Waals surface area (Å²) in [4.78, 5) is 12.2. The highest BCUT2D eigenvalue weighted by Crippen LogP contribution is 2.22. The van der Waals surface area contributed by atoms with Crippen molar-refractivity contribution in [1.29, 1.82) is 0 Å². The first-order valence-corrected chi connectivity index (χ1v) is 8.41. The third-order valence-corrected chi connectivity index (χ3v) is 4.03. The van der Waals surface area contributed by atoms with Gasteiger partial charge in [0, 0.05) is 12.5 Å². The average Bonchev–Trinajstić information content (AvgIpc) is 2.61. The van der Waals surface area contributed by atoms with Gasteiger partial charge in [0.1, 0.15) is 11.6 Å². The maximum absolute atomic E-state index is 13.1. The monoisotopic (exact) mass is 380 g/mol. The second kappa shape index (κ2) is 10.8. The highest BCUT2D eigenvalue weighted by atomic mass is 35.5. The van der Waals surface area contributed by atoms with Crippen molar-refractivity contribution in [3.63, 3.8) is 0 Å². The van der Waals surface area contributed by atoms with Crippen LogP contribution in [0, 0.1) is 5.82 Å². The number of halogens is 2. The zero-order chi connectivity index (χ0) is 18.2. The van der Waals surface area contributed by atoms with E-state index < -0.39 is 0 Å². The Morgan fingerprint density at radius 1 is 1.15 bits per heavy atom. The fourth-order valence-electron chi connectivity index (χ4n) is 2.57. The predicted molar refractivity (Wildman–Crippen MR) is 104 cm³/mol. The van der Waals surface area contributed by atoms with Crippen molar-refractivity contribution in [2.45, 2.75) is 38.3 Å². The molecule has 3 N–H and O–H groups in total. The number of carbonyl (C=O) groups excluding carboxylic acids is 1. The lowest BCUT2D eigenvalue weighted by Crippen LogP contribution is -2.31. The molecule has 4 nitrogen and oxygen atoms in total. The molecule has 2 rings (SSSR count). The van der Waals surface area contributed by atoms with E-state index in [0.29, 0.717) is 19.3 Å². The number of hydrogen-bond acceptors (Lipinski definition) is 3. The molecule has 26 heavy (non-hydrogen) atoms. The van der Waals surface area contributed by atoms with Crippen LogP contribution in [0.1, 0.15) is 36.9 Å². The van der Waals surface area contributed by atoms with Crippen molar-refractivity contribution in [1.82, 2.24) is 5.32 Å². The molecule has 2 unspecified atom stereocenters. The van der Waals surface area contributed by atoms with Crippen molar-refractivity contribution in [2.75, 3.05) is 7.11 Å². The molecule has 0 heterocycles. The standard InChI is InChI=1S/C20H25FN2O2.ClH/c1-14(22)3-12-20(24)23-19(13-15-4-8-17(21)9-5-15)16-6-10-18(25-2)11-7-16;/h4-11,14,19H,3,12-13,22H2,1-2H3,(H,23,24);1H. The number of rotatable bonds is 8. The lowest BCUT2D eigenvalue weighted by molar-refractivity contribution is -0.122. The van der Waals surface area contributed by atoms with Gasteiger partial charge in [-0.3, -0.25) is 4.79 Å². The highest BCUT2D eigenvalue weighted by Gasteiger charge is 2.16. The molecular formula is C20H26ClFN2O2. The van der Waals surface area contributed by atoms with Gasteiger partial charge in [0.15, 0.2) is 0 Å². The Morgan fingerprint density at radius 3 is 2.31 bits per heavy atom. The lowest BCUT2D eigenvalue weighted by Gasteiger charge is -2.20. The molecule has 0 aliphatic carbocycles. The van der Waals surface area contributed by atoms with Gasteiger partial charge >= 0.3 is 0 Å². The van der Waals surface area contributed by atoms with E-state index in [1.54, 1.807) is 19.2 Å². The first kappa shape index (κ1) is 21.9. The minimum Gasteiger partial charge on any atom is -0.497 e. The molecule has 0 saturated carbocycles. The van der Waals surface area contributed by atoms with Gasteiger partial charge in [0.05, 0.1) is 13.2 Å². The first-order valence-electron chi connectivity index (χ1n) is 8.41. The number of nitrogens with two attached hydrogens (primary N) is 1. The normalized spacial score (nSPS) is 12.6. The molecule has 0 aliphatic heterocycles. The van der Waals surface area contributed by atoms with E-state index in [1.165, 1.54) is 12.1 Å². The molecule has 1 amide bonds. The molecule has 0 spiro atoms. The number of benzene rings is 2. The largest absolute Gasteiger partial charge is 0.497 e. The highest BCUT2D eigenvalue weighted by molar-refractivity contribution is 5.85. The zero-order valence-corrected chi connectivity index (χ0v) is 15.9. The minimum absolute atomic E-state index is 0. The lowest BCUT2D eigenvalue weighted by atomic mass is 9.98. The van der Waals surface area contributed by atoms with Crippen LogP contribution in [0.25, 0.3) is 0 Å². The Balaban J connectivity index is 0.00000338. The Kier molecular flexibility index (Phi) is 9.10. The SMILES string of the molecule is COc1ccc(C(Cc2ccc(F)cc2)NC(=O)CCC(C)N)cc1.Cl. The average molecular weight is 381 g/mol. The summed E-state index contributed by atoms with van der Waals surface area (Å²) >= 11 is 0. The van der Waals surface area contributed by atoms with Crippen LogP contribution in [-0.4, -0.2) is 19.1 Å². The summed E-state index contributed by atoms with van der Waals surface area (Å²) in [7, 11) is 1.61. The molecule has 0 aliphatic rings. The van der Waals surface area contributed by atoms with Crippen LogP contribution in [-0.2, 0) is 11.2 Å². The molecule has 2 aromatic rings. The Labute approximate surface area is 160 Å². The Bertz CT molecular complexity index is 675. The molecule has 6 heteroatoms. The third-order valence-electron chi connectivity index (χ3n) is 4.03. The maximum Gasteiger partial charge on any atom is 0.220 e. The summed E-state index contributed by atoms with van der Waals surface area (Å²) in [6.45, 7) is 1.88. The maximum atomic E-state index is 13.1. The molecular weight excluding hydrogens is 355 g/mol. The van der Waals surface area contributed by atoms with Gasteiger partial charge in [-0.05, 0) is 55.2 Å². The van der Waals surface area contributed by atoms with Crippen LogP contribution in [0.5, 0.6) is 5.75 Å². The number of nitrogens with one attached hydrogen (secondary N) is 1. The molecule has 0 radical (unpaired) electrons. The number of amides is 1. The summed E-state index contributed by atoms with van der Waals surface area (Å²) < 4.78 is 18.3. The van der Waals surface area contributed by atoms with E-state index in [4.69, 9.17) is 10.5 Å². The summed E-state index contributed by atoms with van der Waals surface area (Å²) in [6, 6.07) is 13.7. The second-order valence-corrected chi connectivity index (χ2v) is 6.24. The van der Waals surface area contributed by atoms with E-state index in [-0.39, 0.29) is 36.2 Å². The van der Waals surface area contributed by atoms with Gasteiger partial charge in [-0.2, -0.15) is 0 Å². The fraction of sp³-hybridized carbons (Fsp3) is 0.350. The van der Waals surface area contributed by atoms with Gasteiger partial charge in [0.25, 0.3) is 0 Å². The van der Waals surface area contributed by atoms with E-state index in [9.17, 15) is 9.18 Å². The van der Waals surface area contributed by atoms with Crippen molar-refractivity contribution in [2.24, 2.45) is 5.73 Å². The van der Waals surface area contributed by atoms with Gasteiger partial charge in [-0.15, -0.1) is 12.4 Å². The van der Waals surface area contributed by atoms with Gasteiger partial charge in [0.2, 0.25) is 5.91 Å². The van der Waals surface area contributed by atoms with Crippen LogP contribution in [0.2, 0.25) is 0 Å². The number of carbonyl (C=O) groups is 1. The molecule has 2 atom stereocenters. The summed E-state index contributed by atoms with van der Waals surface area (Å²) in [6.07, 6.45) is 1.60. The smallest absolute Gasteiger partial charge is 0.220 e. The quantitative estimate of drug-likeness (QED) is 0.732. The second-order valence-electron chi connectivity index (χ2n) is 6.24. The summed E-state index contributed by atoms with van der Waals surface area (Å²) in [5.41, 5.74) is 7.65. The fourth-order valence-corrected chi connectivity index (χ4v) is 2.57. The van der Waals surface area contributed by atoms with E-state index in [2.05, 4.69) is 5.32 Å². The van der Waals surface area contributed by atoms with E-state index >= 15 is 0 Å². The van der Waals surface area contributed by atoms with Crippen LogP contribution in [0.15, 0.2) is 48.5 Å². The van der Waals surface area contributed by atoms with E-state index in [0.717, 1.165) is 16.9 Å². The summed E-state index contributed by atoms with van der Waals surface area (Å²) in [5, 5.41) is 3.06. The molecule has 0 aromatic heterocycles. The molecule has 142 valence electrons. The predicted octanol–water partition coefficient (Wildman–Crippen LogP) is 3.78. The number of hydrogen-bond donors (Lipinski definition) is 2. The zero-order valence-electron chi connectivity index (χ0n) is 15.1. The van der Waals surface area contributed by atoms with Crippen molar-refractivity contribution >= 4 is 18.3 Å². The van der Waals surface area contributed by atoms with Gasteiger partial charge in [-0.1, -0.05) is 24.3 Å². The summed E-state index contributed by atoms with van der Waals surface area (Å²) in [5.74, 6) is 0.443. The van der Waals surface area contributed by atoms with Crippen LogP contribution >= 0.6 is 12.4 Å². The molecule has 0 bridgehead atoms. The first-order chi connectivity index (χ1) is 12.0. The molecule has 2 aromatic carbocycles. The van der Waals surface area contributed by atoms with Crippen LogP contribution in [0.4, 0.5) is 4.39 Å². The molecule has 0 fully saturated rings. The Hall–Kier alpha value is -2.11. The van der Waals surface area contributed by atoms with Gasteiger partial charge < -0.3 is 15.8 Å². The Morgan fingerprint density at radius 2 is 1.77 bits per heavy atom.